The van der Waals surface area contributed by atoms with E-state index in [1.807, 2.05) is 19.1 Å². The van der Waals surface area contributed by atoms with Crippen LogP contribution in [0.5, 0.6) is 0 Å². The van der Waals surface area contributed by atoms with E-state index in [2.05, 4.69) is 65.5 Å². The van der Waals surface area contributed by atoms with Crippen molar-refractivity contribution in [3.05, 3.63) is 82.8 Å². The monoisotopic (exact) mass is 479 g/mol. The van der Waals surface area contributed by atoms with E-state index in [1.54, 1.807) is 10.8 Å². The number of fused-ring (bicyclic) bond motifs is 2. The first-order chi connectivity index (χ1) is 16.6. The van der Waals surface area contributed by atoms with E-state index < -0.39 is 11.7 Å². The van der Waals surface area contributed by atoms with Crippen LogP contribution in [0.3, 0.4) is 0 Å². The van der Waals surface area contributed by atoms with Gasteiger partial charge in [-0.3, -0.25) is 0 Å². The molecule has 1 aliphatic heterocycles. The second kappa shape index (κ2) is 8.59. The predicted molar refractivity (Wildman–Crippen MR) is 133 cm³/mol. The Hall–Kier alpha value is -3.55. The molecule has 0 bridgehead atoms. The summed E-state index contributed by atoms with van der Waals surface area (Å²) < 4.78 is 41.5. The van der Waals surface area contributed by atoms with E-state index in [0.717, 1.165) is 16.5 Å². The van der Waals surface area contributed by atoms with Crippen molar-refractivity contribution in [1.82, 2.24) is 14.8 Å². The number of alkyl halides is 3. The minimum absolute atomic E-state index is 0.0245. The number of benzene rings is 2. The van der Waals surface area contributed by atoms with Crippen LogP contribution in [0, 0.1) is 13.8 Å². The van der Waals surface area contributed by atoms with Gasteiger partial charge in [0.2, 0.25) is 0 Å². The summed E-state index contributed by atoms with van der Waals surface area (Å²) in [5, 5.41) is 14.0. The van der Waals surface area contributed by atoms with Gasteiger partial charge in [0.1, 0.15) is 0 Å². The van der Waals surface area contributed by atoms with Crippen molar-refractivity contribution in [1.29, 1.82) is 0 Å². The van der Waals surface area contributed by atoms with Gasteiger partial charge in [-0.25, -0.2) is 0 Å². The fourth-order valence-corrected chi connectivity index (χ4v) is 5.03. The highest BCUT2D eigenvalue weighted by Gasteiger charge is 2.35. The molecule has 1 aliphatic rings. The van der Waals surface area contributed by atoms with E-state index in [-0.39, 0.29) is 12.1 Å². The lowest BCUT2D eigenvalue weighted by Gasteiger charge is -2.36. The SMILES string of the molecule is Cc1cccc([C@@H](C)Nc2nncc3ccc(N4CCn5cc(C(F)(F)F)cc5C4C)cc23)c1C. The Bertz CT molecular complexity index is 1390. The lowest BCUT2D eigenvalue weighted by Crippen LogP contribution is -2.36. The summed E-state index contributed by atoms with van der Waals surface area (Å²) >= 11 is 0. The van der Waals surface area contributed by atoms with Crippen LogP contribution in [-0.2, 0) is 12.7 Å². The van der Waals surface area contributed by atoms with Crippen LogP contribution < -0.4 is 10.2 Å². The summed E-state index contributed by atoms with van der Waals surface area (Å²) in [5.41, 5.74) is 4.69. The largest absolute Gasteiger partial charge is 0.417 e. The Balaban J connectivity index is 1.47. The average molecular weight is 480 g/mol. The van der Waals surface area contributed by atoms with Gasteiger partial charge in [0.15, 0.2) is 5.82 Å². The van der Waals surface area contributed by atoms with Crippen LogP contribution >= 0.6 is 0 Å². The van der Waals surface area contributed by atoms with E-state index in [9.17, 15) is 13.2 Å². The molecule has 0 fully saturated rings. The number of rotatable bonds is 4. The van der Waals surface area contributed by atoms with Crippen molar-refractivity contribution in [3.63, 3.8) is 0 Å². The van der Waals surface area contributed by atoms with Crippen LogP contribution in [0.15, 0.2) is 54.9 Å². The second-order valence-corrected chi connectivity index (χ2v) is 9.33. The van der Waals surface area contributed by atoms with Gasteiger partial charge in [-0.2, -0.15) is 18.3 Å². The van der Waals surface area contributed by atoms with Crippen molar-refractivity contribution in [2.75, 3.05) is 16.8 Å². The molecule has 5 nitrogen and oxygen atoms in total. The third kappa shape index (κ3) is 4.22. The Morgan fingerprint density at radius 2 is 1.89 bits per heavy atom. The molecule has 1 N–H and O–H groups in total. The first-order valence-electron chi connectivity index (χ1n) is 11.8. The van der Waals surface area contributed by atoms with E-state index >= 15 is 0 Å². The summed E-state index contributed by atoms with van der Waals surface area (Å²) in [4.78, 5) is 2.15. The molecule has 0 aliphatic carbocycles. The summed E-state index contributed by atoms with van der Waals surface area (Å²) in [7, 11) is 0. The van der Waals surface area contributed by atoms with Gasteiger partial charge < -0.3 is 14.8 Å². The first-order valence-corrected chi connectivity index (χ1v) is 11.8. The number of nitrogens with zero attached hydrogens (tertiary/aromatic N) is 4. The molecule has 3 heterocycles. The number of hydrogen-bond donors (Lipinski definition) is 1. The van der Waals surface area contributed by atoms with Gasteiger partial charge in [0.25, 0.3) is 0 Å². The number of nitrogens with one attached hydrogen (secondary N) is 1. The molecule has 2 aromatic heterocycles. The molecule has 182 valence electrons. The molecular formula is C27H28F3N5. The van der Waals surface area contributed by atoms with Gasteiger partial charge in [-0.15, -0.1) is 5.10 Å². The molecule has 0 saturated heterocycles. The molecule has 2 aromatic carbocycles. The Labute approximate surface area is 202 Å². The lowest BCUT2D eigenvalue weighted by atomic mass is 9.98. The van der Waals surface area contributed by atoms with Crippen molar-refractivity contribution < 1.29 is 13.2 Å². The summed E-state index contributed by atoms with van der Waals surface area (Å²) in [6, 6.07) is 13.4. The molecule has 0 radical (unpaired) electrons. The molecule has 2 atom stereocenters. The molecule has 0 spiro atoms. The minimum Gasteiger partial charge on any atom is -0.362 e. The van der Waals surface area contributed by atoms with Gasteiger partial charge in [-0.1, -0.05) is 24.3 Å². The molecule has 4 aromatic rings. The van der Waals surface area contributed by atoms with Crippen LogP contribution in [0.4, 0.5) is 24.7 Å². The highest BCUT2D eigenvalue weighted by molar-refractivity contribution is 5.93. The maximum Gasteiger partial charge on any atom is 0.417 e. The number of aromatic nitrogens is 3. The van der Waals surface area contributed by atoms with Gasteiger partial charge >= 0.3 is 6.18 Å². The minimum atomic E-state index is -4.34. The number of halogens is 3. The summed E-state index contributed by atoms with van der Waals surface area (Å²) in [6.45, 7) is 9.38. The molecule has 8 heteroatoms. The van der Waals surface area contributed by atoms with Crippen LogP contribution in [0.2, 0.25) is 0 Å². The maximum absolute atomic E-state index is 13.3. The van der Waals surface area contributed by atoms with Crippen LogP contribution in [-0.4, -0.2) is 21.3 Å². The molecule has 5 rings (SSSR count). The standard InChI is InChI=1S/C27H28F3N5/c1-16-6-5-7-23(17(16)2)18(3)32-26-24-13-22(9-8-20(24)14-31-33-26)35-11-10-34-15-21(27(28,29)30)12-25(34)19(35)4/h5-9,12-15,18-19H,10-11H2,1-4H3,(H,32,33)/t18-,19?/m1/s1. The summed E-state index contributed by atoms with van der Waals surface area (Å²) in [6.07, 6.45) is -1.40. The van der Waals surface area contributed by atoms with E-state index in [1.165, 1.54) is 29.0 Å². The van der Waals surface area contributed by atoms with Crippen molar-refractivity contribution in [2.45, 2.75) is 52.5 Å². The average Bonchev–Trinajstić information content (AvgIpc) is 3.27. The zero-order valence-corrected chi connectivity index (χ0v) is 20.2. The van der Waals surface area contributed by atoms with Gasteiger partial charge in [0.05, 0.1) is 23.8 Å². The van der Waals surface area contributed by atoms with Crippen molar-refractivity contribution >= 4 is 22.3 Å². The van der Waals surface area contributed by atoms with Crippen LogP contribution in [0.1, 0.15) is 53.9 Å². The molecule has 35 heavy (non-hydrogen) atoms. The predicted octanol–water partition coefficient (Wildman–Crippen LogP) is 6.82. The normalized spacial score (nSPS) is 16.9. The number of aryl methyl sites for hydroxylation is 1. The second-order valence-electron chi connectivity index (χ2n) is 9.33. The van der Waals surface area contributed by atoms with Crippen LogP contribution in [0.25, 0.3) is 10.8 Å². The Kier molecular flexibility index (Phi) is 5.69. The highest BCUT2D eigenvalue weighted by Crippen LogP contribution is 2.38. The molecule has 0 saturated carbocycles. The van der Waals surface area contributed by atoms with E-state index in [0.29, 0.717) is 24.6 Å². The zero-order valence-electron chi connectivity index (χ0n) is 20.2. The quantitative estimate of drug-likeness (QED) is 0.349. The zero-order chi connectivity index (χ0) is 24.9. The smallest absolute Gasteiger partial charge is 0.362 e. The maximum atomic E-state index is 13.3. The van der Waals surface area contributed by atoms with Crippen molar-refractivity contribution in [2.24, 2.45) is 0 Å². The fraction of sp³-hybridized carbons (Fsp3) is 0.333. The van der Waals surface area contributed by atoms with Crippen molar-refractivity contribution in [3.8, 4) is 0 Å². The lowest BCUT2D eigenvalue weighted by molar-refractivity contribution is -0.137. The third-order valence-electron chi connectivity index (χ3n) is 7.18. The highest BCUT2D eigenvalue weighted by atomic mass is 19.4. The van der Waals surface area contributed by atoms with E-state index in [4.69, 9.17) is 0 Å². The Morgan fingerprint density at radius 1 is 1.09 bits per heavy atom. The molecule has 1 unspecified atom stereocenters. The number of anilines is 2. The van der Waals surface area contributed by atoms with Gasteiger partial charge in [0, 0.05) is 41.4 Å². The molecule has 0 amide bonds. The third-order valence-corrected chi connectivity index (χ3v) is 7.18. The fourth-order valence-electron chi connectivity index (χ4n) is 5.03. The van der Waals surface area contributed by atoms with Gasteiger partial charge in [-0.05, 0) is 62.6 Å². The Morgan fingerprint density at radius 3 is 2.66 bits per heavy atom. The topological polar surface area (TPSA) is 46.0 Å². The summed E-state index contributed by atoms with van der Waals surface area (Å²) in [5.74, 6) is 0.685. The first kappa shape index (κ1) is 23.2. The molecular weight excluding hydrogens is 451 g/mol. The number of hydrogen-bond acceptors (Lipinski definition) is 4.